The maximum atomic E-state index is 12.8. The van der Waals surface area contributed by atoms with Crippen LogP contribution >= 0.6 is 11.6 Å². The van der Waals surface area contributed by atoms with Crippen LogP contribution in [0.15, 0.2) is 48.5 Å². The molecule has 6 heteroatoms. The summed E-state index contributed by atoms with van der Waals surface area (Å²) in [6.45, 7) is 7.69. The van der Waals surface area contributed by atoms with E-state index in [1.165, 1.54) is 5.69 Å². The Bertz CT molecular complexity index is 836. The number of benzene rings is 2. The van der Waals surface area contributed by atoms with Crippen LogP contribution in [0, 0.1) is 6.92 Å². The molecule has 0 bridgehead atoms. The fourth-order valence-electron chi connectivity index (χ4n) is 4.36. The van der Waals surface area contributed by atoms with Crippen molar-refractivity contribution < 1.29 is 4.79 Å². The van der Waals surface area contributed by atoms with E-state index in [0.29, 0.717) is 11.1 Å². The van der Waals surface area contributed by atoms with Gasteiger partial charge in [-0.05, 0) is 49.6 Å². The van der Waals surface area contributed by atoms with Gasteiger partial charge in [0.05, 0.1) is 0 Å². The molecule has 2 amide bonds. The quantitative estimate of drug-likeness (QED) is 0.808. The Morgan fingerprint density at radius 1 is 1.00 bits per heavy atom. The van der Waals surface area contributed by atoms with E-state index < -0.39 is 0 Å². The Labute approximate surface area is 178 Å². The molecule has 0 saturated carbocycles. The molecule has 2 aliphatic heterocycles. The summed E-state index contributed by atoms with van der Waals surface area (Å²) in [5, 5.41) is 3.73. The van der Waals surface area contributed by atoms with Gasteiger partial charge in [-0.15, -0.1) is 0 Å². The lowest BCUT2D eigenvalue weighted by atomic mass is 10.0. The number of piperazine rings is 1. The first-order valence-corrected chi connectivity index (χ1v) is 10.8. The van der Waals surface area contributed by atoms with Crippen LogP contribution in [0.4, 0.5) is 16.2 Å². The maximum absolute atomic E-state index is 12.8. The second-order valence-corrected chi connectivity index (χ2v) is 8.35. The summed E-state index contributed by atoms with van der Waals surface area (Å²) in [5.74, 6) is 0. The number of hydrogen-bond donors (Lipinski definition) is 1. The Morgan fingerprint density at radius 2 is 1.76 bits per heavy atom. The zero-order valence-corrected chi connectivity index (χ0v) is 17.7. The predicted molar refractivity (Wildman–Crippen MR) is 120 cm³/mol. The molecule has 5 nitrogen and oxygen atoms in total. The molecule has 2 aromatic rings. The summed E-state index contributed by atoms with van der Waals surface area (Å²) in [6, 6.07) is 16.7. The van der Waals surface area contributed by atoms with Gasteiger partial charge in [0.25, 0.3) is 0 Å². The molecule has 1 N–H and O–H groups in total. The van der Waals surface area contributed by atoms with Crippen molar-refractivity contribution in [2.45, 2.75) is 25.8 Å². The maximum Gasteiger partial charge on any atom is 0.321 e. The van der Waals surface area contributed by atoms with E-state index in [0.717, 1.165) is 63.4 Å². The van der Waals surface area contributed by atoms with Crippen LogP contribution in [0.5, 0.6) is 0 Å². The number of urea groups is 1. The molecule has 29 heavy (non-hydrogen) atoms. The van der Waals surface area contributed by atoms with Crippen molar-refractivity contribution >= 4 is 29.0 Å². The molecule has 2 aromatic carbocycles. The van der Waals surface area contributed by atoms with E-state index in [2.05, 4.69) is 45.4 Å². The molecule has 0 aromatic heterocycles. The number of carbonyl (C=O) groups is 1. The zero-order valence-electron chi connectivity index (χ0n) is 17.0. The number of hydrogen-bond acceptors (Lipinski definition) is 3. The topological polar surface area (TPSA) is 38.8 Å². The zero-order chi connectivity index (χ0) is 20.2. The SMILES string of the molecule is Cc1c(Cl)cccc1NC(=O)N1CCC[C@@H](N2CCN(c3ccccc3)CC2)C1. The van der Waals surface area contributed by atoms with E-state index in [-0.39, 0.29) is 6.03 Å². The Kier molecular flexibility index (Phi) is 6.26. The Morgan fingerprint density at radius 3 is 2.52 bits per heavy atom. The van der Waals surface area contributed by atoms with Crippen LogP contribution in [-0.2, 0) is 0 Å². The smallest absolute Gasteiger partial charge is 0.321 e. The van der Waals surface area contributed by atoms with Gasteiger partial charge in [0.2, 0.25) is 0 Å². The lowest BCUT2D eigenvalue weighted by Crippen LogP contribution is -2.56. The van der Waals surface area contributed by atoms with Crippen LogP contribution in [0.1, 0.15) is 18.4 Å². The van der Waals surface area contributed by atoms with Crippen molar-refractivity contribution in [2.24, 2.45) is 0 Å². The molecule has 0 aliphatic carbocycles. The minimum absolute atomic E-state index is 0.0250. The normalized spacial score (nSPS) is 20.6. The molecule has 2 fully saturated rings. The predicted octanol–water partition coefficient (Wildman–Crippen LogP) is 4.47. The van der Waals surface area contributed by atoms with Gasteiger partial charge in [-0.25, -0.2) is 4.79 Å². The molecule has 0 radical (unpaired) electrons. The first-order valence-electron chi connectivity index (χ1n) is 10.5. The average Bonchev–Trinajstić information content (AvgIpc) is 2.78. The lowest BCUT2D eigenvalue weighted by Gasteiger charge is -2.43. The number of halogens is 1. The average molecular weight is 413 g/mol. The van der Waals surface area contributed by atoms with Gasteiger partial charge < -0.3 is 15.1 Å². The first-order chi connectivity index (χ1) is 14.1. The Balaban J connectivity index is 1.33. The summed E-state index contributed by atoms with van der Waals surface area (Å²) in [4.78, 5) is 19.8. The van der Waals surface area contributed by atoms with Gasteiger partial charge in [0.1, 0.15) is 0 Å². The van der Waals surface area contributed by atoms with Gasteiger partial charge in [0.15, 0.2) is 0 Å². The summed E-state index contributed by atoms with van der Waals surface area (Å²) in [5.41, 5.74) is 3.00. The molecule has 2 heterocycles. The minimum atomic E-state index is -0.0250. The molecular formula is C23H29ClN4O. The largest absolute Gasteiger partial charge is 0.369 e. The van der Waals surface area contributed by atoms with Gasteiger partial charge in [-0.2, -0.15) is 0 Å². The molecule has 2 saturated heterocycles. The van der Waals surface area contributed by atoms with E-state index in [1.54, 1.807) is 0 Å². The van der Waals surface area contributed by atoms with Crippen LogP contribution in [0.25, 0.3) is 0 Å². The van der Waals surface area contributed by atoms with Gasteiger partial charge in [0, 0.05) is 61.7 Å². The third-order valence-electron chi connectivity index (χ3n) is 6.15. The number of piperidine rings is 1. The fourth-order valence-corrected chi connectivity index (χ4v) is 4.53. The first kappa shape index (κ1) is 20.0. The summed E-state index contributed by atoms with van der Waals surface area (Å²) >= 11 is 6.19. The number of para-hydroxylation sites is 1. The van der Waals surface area contributed by atoms with Crippen molar-refractivity contribution in [3.05, 3.63) is 59.1 Å². The second-order valence-electron chi connectivity index (χ2n) is 7.94. The van der Waals surface area contributed by atoms with Crippen LogP contribution in [0.3, 0.4) is 0 Å². The molecule has 0 spiro atoms. The van der Waals surface area contributed by atoms with Crippen molar-refractivity contribution in [2.75, 3.05) is 49.5 Å². The van der Waals surface area contributed by atoms with Gasteiger partial charge in [-0.3, -0.25) is 4.90 Å². The van der Waals surface area contributed by atoms with Crippen molar-refractivity contribution in [1.82, 2.24) is 9.80 Å². The minimum Gasteiger partial charge on any atom is -0.369 e. The van der Waals surface area contributed by atoms with Gasteiger partial charge in [-0.1, -0.05) is 35.9 Å². The molecule has 154 valence electrons. The van der Waals surface area contributed by atoms with Crippen LogP contribution < -0.4 is 10.2 Å². The third-order valence-corrected chi connectivity index (χ3v) is 6.55. The highest BCUT2D eigenvalue weighted by Crippen LogP contribution is 2.25. The number of nitrogens with one attached hydrogen (secondary N) is 1. The van der Waals surface area contributed by atoms with E-state index in [9.17, 15) is 4.79 Å². The molecule has 4 rings (SSSR count). The van der Waals surface area contributed by atoms with Crippen molar-refractivity contribution in [3.8, 4) is 0 Å². The lowest BCUT2D eigenvalue weighted by molar-refractivity contribution is 0.108. The Hall–Kier alpha value is -2.24. The third kappa shape index (κ3) is 4.68. The second kappa shape index (κ2) is 9.06. The van der Waals surface area contributed by atoms with E-state index in [4.69, 9.17) is 11.6 Å². The van der Waals surface area contributed by atoms with E-state index >= 15 is 0 Å². The van der Waals surface area contributed by atoms with Crippen LogP contribution in [-0.4, -0.2) is 61.1 Å². The molecular weight excluding hydrogens is 384 g/mol. The molecule has 2 aliphatic rings. The number of anilines is 2. The summed E-state index contributed by atoms with van der Waals surface area (Å²) in [7, 11) is 0. The molecule has 0 unspecified atom stereocenters. The highest BCUT2D eigenvalue weighted by atomic mass is 35.5. The number of amides is 2. The highest BCUT2D eigenvalue weighted by molar-refractivity contribution is 6.31. The monoisotopic (exact) mass is 412 g/mol. The summed E-state index contributed by atoms with van der Waals surface area (Å²) < 4.78 is 0. The number of nitrogens with zero attached hydrogens (tertiary/aromatic N) is 3. The number of likely N-dealkylation sites (tertiary alicyclic amines) is 1. The number of carbonyl (C=O) groups excluding carboxylic acids is 1. The summed E-state index contributed by atoms with van der Waals surface area (Å²) in [6.07, 6.45) is 2.21. The fraction of sp³-hybridized carbons (Fsp3) is 0.435. The van der Waals surface area contributed by atoms with Crippen molar-refractivity contribution in [1.29, 1.82) is 0 Å². The van der Waals surface area contributed by atoms with Gasteiger partial charge >= 0.3 is 6.03 Å². The highest BCUT2D eigenvalue weighted by Gasteiger charge is 2.30. The standard InChI is InChI=1S/C23H29ClN4O/c1-18-21(24)10-5-11-22(18)25-23(29)28-12-6-9-20(17-28)27-15-13-26(14-16-27)19-7-3-2-4-8-19/h2-5,7-8,10-11,20H,6,9,12-17H2,1H3,(H,25,29)/t20-/m1/s1. The van der Waals surface area contributed by atoms with E-state index in [1.807, 2.05) is 30.0 Å². The van der Waals surface area contributed by atoms with Crippen molar-refractivity contribution in [3.63, 3.8) is 0 Å². The molecule has 1 atom stereocenters. The van der Waals surface area contributed by atoms with Crippen LogP contribution in [0.2, 0.25) is 5.02 Å². The number of rotatable bonds is 3.